The minimum absolute atomic E-state index is 0.0851. The summed E-state index contributed by atoms with van der Waals surface area (Å²) in [6.45, 7) is 6.20. The fourth-order valence-corrected chi connectivity index (χ4v) is 11.2. The summed E-state index contributed by atoms with van der Waals surface area (Å²) in [6.07, 6.45) is 13.9. The molecule has 2 fully saturated rings. The Morgan fingerprint density at radius 3 is 1.95 bits per heavy atom. The Morgan fingerprint density at radius 1 is 0.757 bits per heavy atom. The highest BCUT2D eigenvalue weighted by molar-refractivity contribution is 7.84. The Labute approximate surface area is 228 Å². The molecule has 0 unspecified atom stereocenters. The minimum Gasteiger partial charge on any atom is -0.242 e. The third kappa shape index (κ3) is 6.38. The number of nitrogens with one attached hydrogen (secondary N) is 1. The van der Waals surface area contributed by atoms with Gasteiger partial charge in [0.25, 0.3) is 0 Å². The van der Waals surface area contributed by atoms with Gasteiger partial charge in [-0.05, 0) is 91.0 Å². The molecular weight excluding hydrogens is 489 g/mol. The van der Waals surface area contributed by atoms with E-state index in [1.54, 1.807) is 5.30 Å². The van der Waals surface area contributed by atoms with E-state index < -0.39 is 11.0 Å². The van der Waals surface area contributed by atoms with Gasteiger partial charge in [0, 0.05) is 0 Å². The molecule has 0 heterocycles. The van der Waals surface area contributed by atoms with Crippen molar-refractivity contribution in [3.63, 3.8) is 0 Å². The molecule has 3 aromatic rings. The second kappa shape index (κ2) is 12.1. The predicted molar refractivity (Wildman–Crippen MR) is 164 cm³/mol. The average molecular weight is 534 g/mol. The monoisotopic (exact) mass is 533 g/mol. The van der Waals surface area contributed by atoms with Crippen molar-refractivity contribution in [1.82, 2.24) is 4.72 Å². The molecule has 4 heteroatoms. The molecule has 0 saturated heterocycles. The molecular formula is C33H44NOPS. The smallest absolute Gasteiger partial charge is 0.0979 e. The van der Waals surface area contributed by atoms with Crippen LogP contribution in [-0.2, 0) is 11.0 Å². The molecule has 0 spiro atoms. The second-order valence-electron chi connectivity index (χ2n) is 12.1. The van der Waals surface area contributed by atoms with Gasteiger partial charge in [0.15, 0.2) is 0 Å². The first-order valence-electron chi connectivity index (χ1n) is 14.5. The van der Waals surface area contributed by atoms with Crippen LogP contribution < -0.4 is 10.0 Å². The molecule has 2 atom stereocenters. The summed E-state index contributed by atoms with van der Waals surface area (Å²) in [5, 5.41) is 4.07. The minimum atomic E-state index is -1.18. The molecule has 0 amide bonds. The first-order chi connectivity index (χ1) is 17.9. The van der Waals surface area contributed by atoms with Gasteiger partial charge in [0.2, 0.25) is 0 Å². The molecule has 2 aliphatic rings. The zero-order valence-corrected chi connectivity index (χ0v) is 24.6. The van der Waals surface area contributed by atoms with Gasteiger partial charge in [-0.1, -0.05) is 107 Å². The maximum atomic E-state index is 13.6. The highest BCUT2D eigenvalue weighted by atomic mass is 32.2. The van der Waals surface area contributed by atoms with E-state index in [2.05, 4.69) is 92.2 Å². The van der Waals surface area contributed by atoms with Crippen LogP contribution in [0.3, 0.4) is 0 Å². The van der Waals surface area contributed by atoms with Crippen LogP contribution in [0.5, 0.6) is 0 Å². The van der Waals surface area contributed by atoms with E-state index in [-0.39, 0.29) is 18.7 Å². The van der Waals surface area contributed by atoms with Crippen molar-refractivity contribution >= 4 is 35.0 Å². The fraction of sp³-hybridized carbons (Fsp3) is 0.515. The van der Waals surface area contributed by atoms with E-state index in [9.17, 15) is 4.21 Å². The number of hydrogen-bond donors (Lipinski definition) is 1. The Kier molecular flexibility index (Phi) is 8.85. The lowest BCUT2D eigenvalue weighted by Crippen LogP contribution is -2.38. The standard InChI is InChI=1S/C33H44NOPS/c1-33(2,3)37(35)34-32(27-23-22-25-14-10-11-15-26(25)24-27)30-20-12-13-21-31(30)36(28-16-6-4-7-17-28)29-18-8-5-9-19-29/h10-15,20-24,28-29,32,34H,4-9,16-19H2,1-3H3/t32-,37+/m0/s1. The highest BCUT2D eigenvalue weighted by Gasteiger charge is 2.35. The third-order valence-electron chi connectivity index (χ3n) is 8.35. The zero-order valence-electron chi connectivity index (χ0n) is 22.9. The van der Waals surface area contributed by atoms with E-state index in [0.717, 1.165) is 11.3 Å². The van der Waals surface area contributed by atoms with Crippen molar-refractivity contribution in [2.75, 3.05) is 0 Å². The van der Waals surface area contributed by atoms with E-state index in [4.69, 9.17) is 0 Å². The van der Waals surface area contributed by atoms with Gasteiger partial charge < -0.3 is 0 Å². The van der Waals surface area contributed by atoms with Crippen LogP contribution in [0, 0.1) is 0 Å². The molecule has 5 rings (SSSR count). The van der Waals surface area contributed by atoms with Crippen molar-refractivity contribution in [2.24, 2.45) is 0 Å². The van der Waals surface area contributed by atoms with E-state index in [1.165, 1.54) is 86.1 Å². The lowest BCUT2D eigenvalue weighted by atomic mass is 9.97. The maximum absolute atomic E-state index is 13.6. The third-order valence-corrected chi connectivity index (χ3v) is 13.5. The van der Waals surface area contributed by atoms with Crippen molar-refractivity contribution in [2.45, 2.75) is 107 Å². The fourth-order valence-electron chi connectivity index (χ4n) is 6.36. The van der Waals surface area contributed by atoms with Crippen molar-refractivity contribution < 1.29 is 4.21 Å². The number of rotatable bonds is 7. The van der Waals surface area contributed by atoms with Crippen molar-refractivity contribution in [3.8, 4) is 0 Å². The quantitative estimate of drug-likeness (QED) is 0.302. The molecule has 1 N–H and O–H groups in total. The summed E-state index contributed by atoms with van der Waals surface area (Å²) in [4.78, 5) is 0. The van der Waals surface area contributed by atoms with Gasteiger partial charge in [-0.2, -0.15) is 0 Å². The van der Waals surface area contributed by atoms with Crippen LogP contribution in [0.25, 0.3) is 10.8 Å². The van der Waals surface area contributed by atoms with Crippen LogP contribution in [-0.4, -0.2) is 20.3 Å². The SMILES string of the molecule is CC(C)(C)[S@@](=O)N[C@@H](c1ccc2ccccc2c1)c1ccccc1P(C1CCCCC1)C1CCCCC1. The van der Waals surface area contributed by atoms with Gasteiger partial charge in [0.1, 0.15) is 0 Å². The largest absolute Gasteiger partial charge is 0.242 e. The van der Waals surface area contributed by atoms with Crippen LogP contribution in [0.4, 0.5) is 0 Å². The van der Waals surface area contributed by atoms with Gasteiger partial charge >= 0.3 is 0 Å². The van der Waals surface area contributed by atoms with E-state index >= 15 is 0 Å². The molecule has 198 valence electrons. The van der Waals surface area contributed by atoms with Gasteiger partial charge in [-0.25, -0.2) is 8.93 Å². The molecule has 0 bridgehead atoms. The maximum Gasteiger partial charge on any atom is 0.0979 e. The number of benzene rings is 3. The molecule has 0 aliphatic heterocycles. The lowest BCUT2D eigenvalue weighted by Gasteiger charge is -2.40. The zero-order chi connectivity index (χ0) is 25.8. The summed E-state index contributed by atoms with van der Waals surface area (Å²) >= 11 is 0. The first-order valence-corrected chi connectivity index (χ1v) is 17.1. The molecule has 3 aromatic carbocycles. The summed E-state index contributed by atoms with van der Waals surface area (Å²) < 4.78 is 16.9. The number of fused-ring (bicyclic) bond motifs is 1. The van der Waals surface area contributed by atoms with Crippen LogP contribution >= 0.6 is 7.92 Å². The Morgan fingerprint density at radius 2 is 1.32 bits per heavy atom. The topological polar surface area (TPSA) is 29.1 Å². The van der Waals surface area contributed by atoms with Crippen LogP contribution in [0.15, 0.2) is 66.7 Å². The summed E-state index contributed by atoms with van der Waals surface area (Å²) in [6, 6.07) is 24.5. The second-order valence-corrected chi connectivity index (χ2v) is 16.8. The van der Waals surface area contributed by atoms with E-state index in [0.29, 0.717) is 0 Å². The summed E-state index contributed by atoms with van der Waals surface area (Å²) in [7, 11) is -1.44. The van der Waals surface area contributed by atoms with E-state index in [1.807, 2.05) is 0 Å². The molecule has 2 aliphatic carbocycles. The normalized spacial score (nSPS) is 19.8. The summed E-state index contributed by atoms with van der Waals surface area (Å²) in [5.41, 5.74) is 4.24. The lowest BCUT2D eigenvalue weighted by molar-refractivity contribution is 0.487. The Hall–Kier alpha value is -1.54. The average Bonchev–Trinajstić information content (AvgIpc) is 2.92. The van der Waals surface area contributed by atoms with Crippen molar-refractivity contribution in [1.29, 1.82) is 0 Å². The number of hydrogen-bond acceptors (Lipinski definition) is 1. The molecule has 2 nitrogen and oxygen atoms in total. The Balaban J connectivity index is 1.62. The highest BCUT2D eigenvalue weighted by Crippen LogP contribution is 2.56. The van der Waals surface area contributed by atoms with Gasteiger partial charge in [-0.15, -0.1) is 0 Å². The predicted octanol–water partition coefficient (Wildman–Crippen LogP) is 8.75. The van der Waals surface area contributed by atoms with Gasteiger partial charge in [0.05, 0.1) is 21.8 Å². The van der Waals surface area contributed by atoms with Gasteiger partial charge in [-0.3, -0.25) is 0 Å². The molecule has 37 heavy (non-hydrogen) atoms. The molecule has 2 saturated carbocycles. The molecule has 0 radical (unpaired) electrons. The van der Waals surface area contributed by atoms with Crippen molar-refractivity contribution in [3.05, 3.63) is 77.9 Å². The van der Waals surface area contributed by atoms with Crippen LogP contribution in [0.2, 0.25) is 0 Å². The Bertz CT molecular complexity index is 1190. The van der Waals surface area contributed by atoms with Crippen LogP contribution in [0.1, 0.15) is 102 Å². The summed E-state index contributed by atoms with van der Waals surface area (Å²) in [5.74, 6) is 0. The first kappa shape index (κ1) is 27.0. The molecule has 0 aromatic heterocycles.